The second-order valence-electron chi connectivity index (χ2n) is 8.04. The molecule has 0 bridgehead atoms. The number of hydrogen-bond acceptors (Lipinski definition) is 1. The second-order valence-corrected chi connectivity index (χ2v) is 8.04. The first-order valence-corrected chi connectivity index (χ1v) is 9.24. The summed E-state index contributed by atoms with van der Waals surface area (Å²) in [7, 11) is 0. The van der Waals surface area contributed by atoms with Crippen molar-refractivity contribution in [3.63, 3.8) is 0 Å². The lowest BCUT2D eigenvalue weighted by molar-refractivity contribution is 0.0643. The highest BCUT2D eigenvalue weighted by atomic mass is 19.1. The average Bonchev–Trinajstić information content (AvgIpc) is 2.94. The number of rotatable bonds is 3. The number of nitrogens with one attached hydrogen (secondary N) is 1. The molecule has 2 aromatic carbocycles. The quantitative estimate of drug-likeness (QED) is 0.640. The largest absolute Gasteiger partial charge is 0.357 e. The monoisotopic (exact) mass is 372 g/mol. The SMILES string of the molecule is C[C@@H]1Cc2c([nH]c3ccccc23)[C@@H](c2c(F)cccc2F)N1CC(C)(C)F. The molecule has 0 spiro atoms. The minimum Gasteiger partial charge on any atom is -0.357 e. The van der Waals surface area contributed by atoms with Gasteiger partial charge in [-0.25, -0.2) is 13.2 Å². The maximum atomic E-state index is 14.7. The van der Waals surface area contributed by atoms with Crippen LogP contribution in [0.2, 0.25) is 0 Å². The van der Waals surface area contributed by atoms with Crippen LogP contribution in [0.3, 0.4) is 0 Å². The molecule has 0 saturated carbocycles. The number of para-hydroxylation sites is 1. The van der Waals surface area contributed by atoms with Crippen LogP contribution in [0.4, 0.5) is 13.2 Å². The van der Waals surface area contributed by atoms with Gasteiger partial charge >= 0.3 is 0 Å². The number of nitrogens with zero attached hydrogens (tertiary/aromatic N) is 1. The highest BCUT2D eigenvalue weighted by molar-refractivity contribution is 5.85. The fraction of sp³-hybridized carbons (Fsp3) is 0.364. The molecule has 1 aliphatic rings. The zero-order valence-corrected chi connectivity index (χ0v) is 15.7. The van der Waals surface area contributed by atoms with Gasteiger partial charge in [-0.3, -0.25) is 4.90 Å². The van der Waals surface area contributed by atoms with Crippen molar-refractivity contribution in [1.82, 2.24) is 9.88 Å². The Kier molecular flexibility index (Phi) is 4.30. The third-order valence-electron chi connectivity index (χ3n) is 5.35. The molecular weight excluding hydrogens is 349 g/mol. The molecule has 142 valence electrons. The number of hydrogen-bond donors (Lipinski definition) is 1. The van der Waals surface area contributed by atoms with E-state index in [0.29, 0.717) is 6.42 Å². The van der Waals surface area contributed by atoms with Gasteiger partial charge in [-0.15, -0.1) is 0 Å². The molecule has 2 atom stereocenters. The molecule has 3 aromatic rings. The van der Waals surface area contributed by atoms with Gasteiger partial charge in [0.2, 0.25) is 0 Å². The van der Waals surface area contributed by atoms with Gasteiger partial charge in [0.05, 0.1) is 6.04 Å². The van der Waals surface area contributed by atoms with Crippen LogP contribution in [-0.4, -0.2) is 28.1 Å². The van der Waals surface area contributed by atoms with Crippen molar-refractivity contribution >= 4 is 10.9 Å². The van der Waals surface area contributed by atoms with E-state index in [9.17, 15) is 13.2 Å². The fourth-order valence-electron chi connectivity index (χ4n) is 4.27. The van der Waals surface area contributed by atoms with Gasteiger partial charge in [-0.2, -0.15) is 0 Å². The standard InChI is InChI=1S/C22H23F3N2/c1-13-11-15-14-7-4-5-10-18(14)26-20(15)21(27(13)12-22(2,3)25)19-16(23)8-6-9-17(19)24/h4-10,13,21,26H,11-12H2,1-3H3/t13-,21-/m1/s1. The molecule has 0 aliphatic carbocycles. The molecule has 0 amide bonds. The average molecular weight is 372 g/mol. The van der Waals surface area contributed by atoms with E-state index in [2.05, 4.69) is 4.98 Å². The number of fused-ring (bicyclic) bond motifs is 3. The van der Waals surface area contributed by atoms with Gasteiger partial charge in [0.1, 0.15) is 17.3 Å². The Bertz CT molecular complexity index is 967. The number of aromatic amines is 1. The van der Waals surface area contributed by atoms with Gasteiger partial charge in [0, 0.05) is 34.7 Å². The lowest BCUT2D eigenvalue weighted by Gasteiger charge is -2.43. The van der Waals surface area contributed by atoms with Crippen LogP contribution in [0, 0.1) is 11.6 Å². The summed E-state index contributed by atoms with van der Waals surface area (Å²) in [6.45, 7) is 5.06. The third-order valence-corrected chi connectivity index (χ3v) is 5.35. The summed E-state index contributed by atoms with van der Waals surface area (Å²) in [5, 5.41) is 1.06. The molecule has 2 nitrogen and oxygen atoms in total. The van der Waals surface area contributed by atoms with Gasteiger partial charge < -0.3 is 4.98 Å². The van der Waals surface area contributed by atoms with E-state index < -0.39 is 23.3 Å². The third kappa shape index (κ3) is 3.14. The molecule has 27 heavy (non-hydrogen) atoms. The minimum atomic E-state index is -1.49. The number of alkyl halides is 1. The zero-order chi connectivity index (χ0) is 19.3. The summed E-state index contributed by atoms with van der Waals surface area (Å²) >= 11 is 0. The van der Waals surface area contributed by atoms with E-state index in [1.807, 2.05) is 36.1 Å². The maximum Gasteiger partial charge on any atom is 0.131 e. The molecule has 0 fully saturated rings. The molecular formula is C22H23F3N2. The van der Waals surface area contributed by atoms with Crippen LogP contribution in [0.1, 0.15) is 43.6 Å². The van der Waals surface area contributed by atoms with Gasteiger partial charge in [-0.05, 0) is 51.0 Å². The van der Waals surface area contributed by atoms with E-state index in [4.69, 9.17) is 0 Å². The summed E-state index contributed by atoms with van der Waals surface area (Å²) in [6.07, 6.45) is 0.696. The summed E-state index contributed by atoms with van der Waals surface area (Å²) in [6, 6.07) is 11.0. The smallest absolute Gasteiger partial charge is 0.131 e. The van der Waals surface area contributed by atoms with Crippen molar-refractivity contribution in [3.8, 4) is 0 Å². The van der Waals surface area contributed by atoms with Crippen LogP contribution < -0.4 is 0 Å². The molecule has 0 radical (unpaired) electrons. The first kappa shape index (κ1) is 18.1. The van der Waals surface area contributed by atoms with E-state index in [1.165, 1.54) is 32.0 Å². The lowest BCUT2D eigenvalue weighted by atomic mass is 9.87. The van der Waals surface area contributed by atoms with Crippen molar-refractivity contribution in [1.29, 1.82) is 0 Å². The normalized spacial score (nSPS) is 20.8. The number of H-pyrrole nitrogens is 1. The van der Waals surface area contributed by atoms with Crippen molar-refractivity contribution in [3.05, 3.63) is 70.9 Å². The molecule has 1 aromatic heterocycles. The molecule has 0 unspecified atom stereocenters. The highest BCUT2D eigenvalue weighted by Gasteiger charge is 2.40. The fourth-order valence-corrected chi connectivity index (χ4v) is 4.27. The number of aromatic nitrogens is 1. The van der Waals surface area contributed by atoms with Crippen molar-refractivity contribution in [2.45, 2.75) is 44.9 Å². The van der Waals surface area contributed by atoms with E-state index in [1.54, 1.807) is 0 Å². The number of halogens is 3. The van der Waals surface area contributed by atoms with Gasteiger partial charge in [0.15, 0.2) is 0 Å². The molecule has 1 aliphatic heterocycles. The van der Waals surface area contributed by atoms with E-state index in [0.717, 1.165) is 22.2 Å². The van der Waals surface area contributed by atoms with Gasteiger partial charge in [-0.1, -0.05) is 24.3 Å². The Morgan fingerprint density at radius 3 is 2.41 bits per heavy atom. The van der Waals surface area contributed by atoms with Gasteiger partial charge in [0.25, 0.3) is 0 Å². The summed E-state index contributed by atoms with van der Waals surface area (Å²) < 4.78 is 44.1. The Morgan fingerprint density at radius 1 is 1.07 bits per heavy atom. The van der Waals surface area contributed by atoms with Crippen LogP contribution in [0.15, 0.2) is 42.5 Å². The van der Waals surface area contributed by atoms with E-state index >= 15 is 0 Å². The predicted octanol–water partition coefficient (Wildman–Crippen LogP) is 5.53. The Hall–Kier alpha value is -2.27. The summed E-state index contributed by atoms with van der Waals surface area (Å²) in [4.78, 5) is 5.23. The van der Waals surface area contributed by atoms with E-state index in [-0.39, 0.29) is 18.2 Å². The summed E-state index contributed by atoms with van der Waals surface area (Å²) in [5.74, 6) is -1.22. The second kappa shape index (κ2) is 6.41. The predicted molar refractivity (Wildman–Crippen MR) is 102 cm³/mol. The summed E-state index contributed by atoms with van der Waals surface area (Å²) in [5.41, 5.74) is 1.22. The molecule has 1 N–H and O–H groups in total. The Balaban J connectivity index is 1.97. The van der Waals surface area contributed by atoms with Crippen LogP contribution >= 0.6 is 0 Å². The zero-order valence-electron chi connectivity index (χ0n) is 15.7. The van der Waals surface area contributed by atoms with Crippen molar-refractivity contribution < 1.29 is 13.2 Å². The highest BCUT2D eigenvalue weighted by Crippen LogP contribution is 2.43. The Labute approximate surface area is 157 Å². The van der Waals surface area contributed by atoms with Crippen LogP contribution in [0.5, 0.6) is 0 Å². The van der Waals surface area contributed by atoms with Crippen LogP contribution in [-0.2, 0) is 6.42 Å². The van der Waals surface area contributed by atoms with Crippen LogP contribution in [0.25, 0.3) is 10.9 Å². The topological polar surface area (TPSA) is 19.0 Å². The first-order chi connectivity index (χ1) is 12.8. The number of benzene rings is 2. The molecule has 0 saturated heterocycles. The lowest BCUT2D eigenvalue weighted by Crippen LogP contribution is -2.48. The molecule has 5 heteroatoms. The first-order valence-electron chi connectivity index (χ1n) is 9.24. The molecule has 2 heterocycles. The van der Waals surface area contributed by atoms with Crippen molar-refractivity contribution in [2.24, 2.45) is 0 Å². The Morgan fingerprint density at radius 2 is 1.74 bits per heavy atom. The minimum absolute atomic E-state index is 0.0268. The molecule has 4 rings (SSSR count). The van der Waals surface area contributed by atoms with Crippen molar-refractivity contribution in [2.75, 3.05) is 6.54 Å². The maximum absolute atomic E-state index is 14.7.